The number of rotatable bonds is 5. The van der Waals surface area contributed by atoms with Crippen molar-refractivity contribution in [3.63, 3.8) is 0 Å². The lowest BCUT2D eigenvalue weighted by atomic mass is 9.90. The highest BCUT2D eigenvalue weighted by molar-refractivity contribution is 5.35. The van der Waals surface area contributed by atoms with Gasteiger partial charge in [-0.05, 0) is 44.9 Å². The summed E-state index contributed by atoms with van der Waals surface area (Å²) in [7, 11) is 0. The zero-order valence-electron chi connectivity index (χ0n) is 10.5. The number of ether oxygens (including phenoxy) is 1. The lowest BCUT2D eigenvalue weighted by molar-refractivity contribution is 0.273. The molecule has 1 aromatic rings. The first kappa shape index (κ1) is 14.0. The summed E-state index contributed by atoms with van der Waals surface area (Å²) in [6.07, 6.45) is 1.38. The van der Waals surface area contributed by atoms with Crippen molar-refractivity contribution in [1.29, 1.82) is 10.5 Å². The molecule has 0 aliphatic carbocycles. The molecule has 0 atom stereocenters. The van der Waals surface area contributed by atoms with Crippen LogP contribution in [-0.4, -0.2) is 6.61 Å². The third-order valence-electron chi connectivity index (χ3n) is 2.57. The molecule has 0 fully saturated rings. The van der Waals surface area contributed by atoms with Gasteiger partial charge in [0.15, 0.2) is 11.6 Å². The van der Waals surface area contributed by atoms with Gasteiger partial charge in [-0.25, -0.2) is 4.39 Å². The van der Waals surface area contributed by atoms with Crippen molar-refractivity contribution in [1.82, 2.24) is 0 Å². The van der Waals surface area contributed by atoms with Gasteiger partial charge >= 0.3 is 0 Å². The highest BCUT2D eigenvalue weighted by Crippen LogP contribution is 2.22. The standard InChI is InChI=1S/C14H15FN2O/c1-14(2,10-17)6-3-7-18-13-5-4-11(9-16)8-12(13)15/h4-5,8H,3,6-7H2,1-2H3. The maximum absolute atomic E-state index is 13.4. The predicted octanol–water partition coefficient (Wildman–Crippen LogP) is 3.41. The SMILES string of the molecule is CC(C)(C#N)CCCOc1ccc(C#N)cc1F. The van der Waals surface area contributed by atoms with Crippen molar-refractivity contribution in [3.05, 3.63) is 29.6 Å². The molecule has 0 unspecified atom stereocenters. The second-order valence-electron chi connectivity index (χ2n) is 4.70. The van der Waals surface area contributed by atoms with E-state index >= 15 is 0 Å². The van der Waals surface area contributed by atoms with Crippen molar-refractivity contribution in [2.45, 2.75) is 26.7 Å². The molecule has 1 aromatic carbocycles. The van der Waals surface area contributed by atoms with Crippen LogP contribution in [0.4, 0.5) is 4.39 Å². The van der Waals surface area contributed by atoms with E-state index in [-0.39, 0.29) is 16.7 Å². The molecule has 0 spiro atoms. The quantitative estimate of drug-likeness (QED) is 0.748. The van der Waals surface area contributed by atoms with Gasteiger partial charge in [0.25, 0.3) is 0 Å². The maximum Gasteiger partial charge on any atom is 0.166 e. The Labute approximate surface area is 106 Å². The van der Waals surface area contributed by atoms with E-state index in [9.17, 15) is 4.39 Å². The zero-order chi connectivity index (χ0) is 13.6. The molecule has 0 aliphatic rings. The smallest absolute Gasteiger partial charge is 0.166 e. The number of hydrogen-bond donors (Lipinski definition) is 0. The van der Waals surface area contributed by atoms with Crippen molar-refractivity contribution in [2.75, 3.05) is 6.61 Å². The molecule has 94 valence electrons. The van der Waals surface area contributed by atoms with Crippen LogP contribution in [0.3, 0.4) is 0 Å². The second kappa shape index (κ2) is 6.02. The largest absolute Gasteiger partial charge is 0.491 e. The number of nitriles is 2. The van der Waals surface area contributed by atoms with Crippen molar-refractivity contribution < 1.29 is 9.13 Å². The Hall–Kier alpha value is -2.07. The van der Waals surface area contributed by atoms with Gasteiger partial charge in [0.2, 0.25) is 0 Å². The van der Waals surface area contributed by atoms with E-state index in [1.165, 1.54) is 12.1 Å². The van der Waals surface area contributed by atoms with E-state index in [4.69, 9.17) is 15.3 Å². The summed E-state index contributed by atoms with van der Waals surface area (Å²) < 4.78 is 18.7. The Morgan fingerprint density at radius 1 is 1.33 bits per heavy atom. The molecule has 0 bridgehead atoms. The monoisotopic (exact) mass is 246 g/mol. The van der Waals surface area contributed by atoms with Crippen LogP contribution in [0, 0.1) is 33.9 Å². The van der Waals surface area contributed by atoms with Gasteiger partial charge in [0, 0.05) is 0 Å². The fourth-order valence-corrected chi connectivity index (χ4v) is 1.44. The highest BCUT2D eigenvalue weighted by Gasteiger charge is 2.15. The molecular weight excluding hydrogens is 231 g/mol. The second-order valence-corrected chi connectivity index (χ2v) is 4.70. The summed E-state index contributed by atoms with van der Waals surface area (Å²) in [4.78, 5) is 0. The minimum absolute atomic E-state index is 0.142. The topological polar surface area (TPSA) is 56.8 Å². The van der Waals surface area contributed by atoms with E-state index in [1.54, 1.807) is 0 Å². The molecular formula is C14H15FN2O. The fraction of sp³-hybridized carbons (Fsp3) is 0.429. The van der Waals surface area contributed by atoms with Crippen LogP contribution in [0.1, 0.15) is 32.3 Å². The Balaban J connectivity index is 2.46. The van der Waals surface area contributed by atoms with Crippen LogP contribution < -0.4 is 4.74 Å². The number of halogens is 1. The predicted molar refractivity (Wildman–Crippen MR) is 65.2 cm³/mol. The van der Waals surface area contributed by atoms with Gasteiger partial charge in [0.1, 0.15) is 0 Å². The Kier molecular flexibility index (Phi) is 4.68. The number of benzene rings is 1. The lowest BCUT2D eigenvalue weighted by Crippen LogP contribution is -2.10. The molecule has 0 heterocycles. The minimum atomic E-state index is -0.534. The fourth-order valence-electron chi connectivity index (χ4n) is 1.44. The van der Waals surface area contributed by atoms with Gasteiger partial charge in [-0.3, -0.25) is 0 Å². The van der Waals surface area contributed by atoms with Gasteiger partial charge in [-0.2, -0.15) is 10.5 Å². The van der Waals surface area contributed by atoms with Crippen LogP contribution in [0.15, 0.2) is 18.2 Å². The lowest BCUT2D eigenvalue weighted by Gasteiger charge is -2.14. The summed E-state index contributed by atoms with van der Waals surface area (Å²) in [5, 5.41) is 17.4. The van der Waals surface area contributed by atoms with Gasteiger partial charge in [-0.15, -0.1) is 0 Å². The minimum Gasteiger partial charge on any atom is -0.491 e. The first-order chi connectivity index (χ1) is 8.48. The summed E-state index contributed by atoms with van der Waals surface area (Å²) in [5.41, 5.74) is -0.113. The molecule has 3 nitrogen and oxygen atoms in total. The van der Waals surface area contributed by atoms with Crippen LogP contribution in [0.25, 0.3) is 0 Å². The molecule has 0 radical (unpaired) electrons. The average molecular weight is 246 g/mol. The number of nitrogens with zero attached hydrogens (tertiary/aromatic N) is 2. The third-order valence-corrected chi connectivity index (χ3v) is 2.57. The van der Waals surface area contributed by atoms with Crippen LogP contribution in [0.2, 0.25) is 0 Å². The third kappa shape index (κ3) is 4.07. The molecule has 0 N–H and O–H groups in total. The van der Waals surface area contributed by atoms with Gasteiger partial charge in [-0.1, -0.05) is 0 Å². The van der Waals surface area contributed by atoms with Crippen molar-refractivity contribution in [3.8, 4) is 17.9 Å². The molecule has 4 heteroatoms. The molecule has 18 heavy (non-hydrogen) atoms. The Bertz CT molecular complexity index is 497. The zero-order valence-corrected chi connectivity index (χ0v) is 10.5. The first-order valence-corrected chi connectivity index (χ1v) is 5.72. The molecule has 0 saturated carbocycles. The van der Waals surface area contributed by atoms with E-state index in [0.717, 1.165) is 6.07 Å². The highest BCUT2D eigenvalue weighted by atomic mass is 19.1. The van der Waals surface area contributed by atoms with Crippen molar-refractivity contribution in [2.24, 2.45) is 5.41 Å². The Morgan fingerprint density at radius 3 is 2.61 bits per heavy atom. The van der Waals surface area contributed by atoms with Crippen LogP contribution in [0.5, 0.6) is 5.75 Å². The number of hydrogen-bond acceptors (Lipinski definition) is 3. The molecule has 0 aliphatic heterocycles. The molecule has 1 rings (SSSR count). The maximum atomic E-state index is 13.4. The molecule has 0 saturated heterocycles. The van der Waals surface area contributed by atoms with Gasteiger partial charge < -0.3 is 4.74 Å². The average Bonchev–Trinajstić information content (AvgIpc) is 2.36. The van der Waals surface area contributed by atoms with E-state index < -0.39 is 5.82 Å². The van der Waals surface area contributed by atoms with Gasteiger partial charge in [0.05, 0.1) is 29.7 Å². The van der Waals surface area contributed by atoms with E-state index in [1.807, 2.05) is 19.9 Å². The van der Waals surface area contributed by atoms with E-state index in [0.29, 0.717) is 19.4 Å². The first-order valence-electron chi connectivity index (χ1n) is 5.72. The van der Waals surface area contributed by atoms with E-state index in [2.05, 4.69) is 6.07 Å². The van der Waals surface area contributed by atoms with Crippen LogP contribution >= 0.6 is 0 Å². The summed E-state index contributed by atoms with van der Waals surface area (Å²) in [5.74, 6) is -0.391. The molecule has 0 amide bonds. The molecule has 0 aromatic heterocycles. The summed E-state index contributed by atoms with van der Waals surface area (Å²) in [6, 6.07) is 8.17. The Morgan fingerprint density at radius 2 is 2.06 bits per heavy atom. The normalized spacial score (nSPS) is 10.5. The van der Waals surface area contributed by atoms with Crippen LogP contribution in [-0.2, 0) is 0 Å². The summed E-state index contributed by atoms with van der Waals surface area (Å²) >= 11 is 0. The van der Waals surface area contributed by atoms with Crippen molar-refractivity contribution >= 4 is 0 Å². The summed E-state index contributed by atoms with van der Waals surface area (Å²) in [6.45, 7) is 4.07.